The molecule has 0 saturated heterocycles. The zero-order valence-corrected chi connectivity index (χ0v) is 7.96. The lowest BCUT2D eigenvalue weighted by molar-refractivity contribution is 0.454. The monoisotopic (exact) mass is 190 g/mol. The number of aromatic hydroxyl groups is 1. The maximum atomic E-state index is 9.64. The van der Waals surface area contributed by atoms with Gasteiger partial charge in [0.05, 0.1) is 5.84 Å². The summed E-state index contributed by atoms with van der Waals surface area (Å²) in [4.78, 5) is 0. The molecule has 0 radical (unpaired) electrons. The van der Waals surface area contributed by atoms with Gasteiger partial charge in [-0.15, -0.1) is 0 Å². The molecule has 1 aromatic rings. The predicted molar refractivity (Wildman–Crippen MR) is 55.5 cm³/mol. The van der Waals surface area contributed by atoms with Crippen LogP contribution < -0.4 is 5.73 Å². The highest BCUT2D eigenvalue weighted by atomic mass is 16.3. The third-order valence-electron chi connectivity index (χ3n) is 2.90. The maximum absolute atomic E-state index is 9.64. The Morgan fingerprint density at radius 3 is 3.00 bits per heavy atom. The first-order valence-corrected chi connectivity index (χ1v) is 4.82. The normalized spacial score (nSPS) is 20.1. The highest BCUT2D eigenvalue weighted by Crippen LogP contribution is 2.31. The molecular weight excluding hydrogens is 176 g/mol. The molecule has 74 valence electrons. The predicted octanol–water partition coefficient (Wildman–Crippen LogP) is 1.43. The minimum absolute atomic E-state index is 0.107. The van der Waals surface area contributed by atoms with E-state index in [2.05, 4.69) is 0 Å². The van der Waals surface area contributed by atoms with Crippen LogP contribution in [0.1, 0.15) is 17.5 Å². The Labute approximate surface area is 83.1 Å². The number of hydrogen-bond donors (Lipinski definition) is 3. The van der Waals surface area contributed by atoms with Crippen molar-refractivity contribution in [3.8, 4) is 5.75 Å². The topological polar surface area (TPSA) is 70.1 Å². The molecule has 3 heteroatoms. The number of hydrogen-bond acceptors (Lipinski definition) is 2. The van der Waals surface area contributed by atoms with Gasteiger partial charge < -0.3 is 10.8 Å². The molecule has 0 fully saturated rings. The molecular formula is C11H14N2O. The maximum Gasteiger partial charge on any atom is 0.119 e. The number of aryl methyl sites for hydroxylation is 1. The summed E-state index contributed by atoms with van der Waals surface area (Å²) >= 11 is 0. The van der Waals surface area contributed by atoms with Crippen LogP contribution in [0.2, 0.25) is 0 Å². The molecule has 4 N–H and O–H groups in total. The zero-order chi connectivity index (χ0) is 10.1. The Morgan fingerprint density at radius 2 is 2.29 bits per heavy atom. The van der Waals surface area contributed by atoms with Gasteiger partial charge in [-0.2, -0.15) is 0 Å². The van der Waals surface area contributed by atoms with Crippen LogP contribution in [0.4, 0.5) is 0 Å². The van der Waals surface area contributed by atoms with Crippen molar-refractivity contribution in [2.45, 2.75) is 19.3 Å². The summed E-state index contributed by atoms with van der Waals surface area (Å²) in [5, 5.41) is 17.0. The lowest BCUT2D eigenvalue weighted by Gasteiger charge is -2.24. The number of rotatable bonds is 1. The van der Waals surface area contributed by atoms with Crippen LogP contribution in [0.15, 0.2) is 18.2 Å². The lowest BCUT2D eigenvalue weighted by Crippen LogP contribution is -2.28. The fourth-order valence-corrected chi connectivity index (χ4v) is 2.03. The Morgan fingerprint density at radius 1 is 1.50 bits per heavy atom. The van der Waals surface area contributed by atoms with Gasteiger partial charge in [-0.05, 0) is 36.5 Å². The molecule has 0 amide bonds. The molecule has 1 aromatic carbocycles. The molecule has 0 heterocycles. The third kappa shape index (κ3) is 1.45. The molecule has 1 aliphatic rings. The van der Waals surface area contributed by atoms with Gasteiger partial charge >= 0.3 is 0 Å². The number of nitrogens with one attached hydrogen (secondary N) is 1. The highest BCUT2D eigenvalue weighted by Gasteiger charge is 2.22. The summed E-state index contributed by atoms with van der Waals surface area (Å²) in [5.41, 5.74) is 7.64. The second kappa shape index (κ2) is 3.33. The Kier molecular flexibility index (Phi) is 2.15. The molecule has 0 spiro atoms. The smallest absolute Gasteiger partial charge is 0.119 e. The van der Waals surface area contributed by atoms with E-state index in [4.69, 9.17) is 11.1 Å². The van der Waals surface area contributed by atoms with Crippen LogP contribution in [0.5, 0.6) is 5.75 Å². The van der Waals surface area contributed by atoms with Gasteiger partial charge in [0.2, 0.25) is 0 Å². The molecule has 0 saturated carbocycles. The minimum atomic E-state index is 0.107. The van der Waals surface area contributed by atoms with Gasteiger partial charge in [0.25, 0.3) is 0 Å². The van der Waals surface area contributed by atoms with Gasteiger partial charge in [-0.3, -0.25) is 5.41 Å². The van der Waals surface area contributed by atoms with Crippen LogP contribution in [0.25, 0.3) is 0 Å². The average Bonchev–Trinajstić information content (AvgIpc) is 2.18. The molecule has 14 heavy (non-hydrogen) atoms. The van der Waals surface area contributed by atoms with E-state index in [1.807, 2.05) is 12.1 Å². The van der Waals surface area contributed by atoms with Crippen molar-refractivity contribution in [1.29, 1.82) is 5.41 Å². The third-order valence-corrected chi connectivity index (χ3v) is 2.90. The molecule has 0 aliphatic heterocycles. The van der Waals surface area contributed by atoms with E-state index in [-0.39, 0.29) is 11.8 Å². The Hall–Kier alpha value is -1.51. The first-order valence-electron chi connectivity index (χ1n) is 4.82. The lowest BCUT2D eigenvalue weighted by atomic mass is 9.83. The van der Waals surface area contributed by atoms with E-state index in [9.17, 15) is 5.11 Å². The molecule has 0 aromatic heterocycles. The molecule has 0 bridgehead atoms. The van der Waals surface area contributed by atoms with Gasteiger partial charge in [0.1, 0.15) is 5.75 Å². The second-order valence-corrected chi connectivity index (χ2v) is 3.81. The van der Waals surface area contributed by atoms with E-state index in [0.717, 1.165) is 18.4 Å². The fraction of sp³-hybridized carbons (Fsp3) is 0.364. The van der Waals surface area contributed by atoms with Crippen molar-refractivity contribution in [1.82, 2.24) is 0 Å². The van der Waals surface area contributed by atoms with Crippen molar-refractivity contribution < 1.29 is 5.11 Å². The molecule has 1 unspecified atom stereocenters. The summed E-state index contributed by atoms with van der Waals surface area (Å²) in [7, 11) is 0. The van der Waals surface area contributed by atoms with Crippen LogP contribution in [0, 0.1) is 11.3 Å². The first kappa shape index (κ1) is 9.06. The van der Waals surface area contributed by atoms with Gasteiger partial charge in [-0.25, -0.2) is 0 Å². The summed E-state index contributed by atoms with van der Waals surface area (Å²) in [6, 6.07) is 5.59. The second-order valence-electron chi connectivity index (χ2n) is 3.81. The highest BCUT2D eigenvalue weighted by molar-refractivity contribution is 5.80. The van der Waals surface area contributed by atoms with Crippen molar-refractivity contribution >= 4 is 5.84 Å². The molecule has 1 aliphatic carbocycles. The summed E-state index contributed by atoms with van der Waals surface area (Å²) < 4.78 is 0. The summed E-state index contributed by atoms with van der Waals surface area (Å²) in [6.45, 7) is 0. The molecule has 3 nitrogen and oxygen atoms in total. The first-order chi connectivity index (χ1) is 6.68. The number of phenols is 1. The van der Waals surface area contributed by atoms with Crippen molar-refractivity contribution in [3.63, 3.8) is 0 Å². The summed E-state index contributed by atoms with van der Waals surface area (Å²) in [5.74, 6) is 0.683. The van der Waals surface area contributed by atoms with Crippen molar-refractivity contribution in [3.05, 3.63) is 29.3 Å². The van der Waals surface area contributed by atoms with Crippen LogP contribution >= 0.6 is 0 Å². The standard InChI is InChI=1S/C11H14N2O/c12-11(13)8-5-4-7-2-1-3-10(14)9(7)6-8/h1-3,8,14H,4-6H2,(H3,12,13). The quantitative estimate of drug-likeness (QED) is 0.463. The van der Waals surface area contributed by atoms with E-state index < -0.39 is 0 Å². The molecule has 2 rings (SSSR count). The van der Waals surface area contributed by atoms with Crippen LogP contribution in [-0.4, -0.2) is 10.9 Å². The van der Waals surface area contributed by atoms with Gasteiger partial charge in [0.15, 0.2) is 0 Å². The fourth-order valence-electron chi connectivity index (χ4n) is 2.03. The number of nitrogens with two attached hydrogens (primary N) is 1. The average molecular weight is 190 g/mol. The van der Waals surface area contributed by atoms with Crippen molar-refractivity contribution in [2.75, 3.05) is 0 Å². The Bertz CT molecular complexity index is 374. The van der Waals surface area contributed by atoms with E-state index >= 15 is 0 Å². The number of phenolic OH excluding ortho intramolecular Hbond substituents is 1. The Balaban J connectivity index is 2.33. The van der Waals surface area contributed by atoms with Crippen LogP contribution in [0.3, 0.4) is 0 Å². The number of fused-ring (bicyclic) bond motifs is 1. The van der Waals surface area contributed by atoms with Crippen LogP contribution in [-0.2, 0) is 12.8 Å². The number of amidine groups is 1. The van der Waals surface area contributed by atoms with Crippen molar-refractivity contribution in [2.24, 2.45) is 11.7 Å². The van der Waals surface area contributed by atoms with E-state index in [1.54, 1.807) is 6.07 Å². The number of benzene rings is 1. The zero-order valence-electron chi connectivity index (χ0n) is 7.96. The summed E-state index contributed by atoms with van der Waals surface area (Å²) in [6.07, 6.45) is 2.54. The van der Waals surface area contributed by atoms with Gasteiger partial charge in [0, 0.05) is 5.92 Å². The van der Waals surface area contributed by atoms with Gasteiger partial charge in [-0.1, -0.05) is 12.1 Å². The van der Waals surface area contributed by atoms with E-state index in [1.165, 1.54) is 5.56 Å². The SMILES string of the molecule is N=C(N)C1CCc2cccc(O)c2C1. The largest absolute Gasteiger partial charge is 0.508 e. The minimum Gasteiger partial charge on any atom is -0.508 e. The van der Waals surface area contributed by atoms with E-state index in [0.29, 0.717) is 12.2 Å². The molecule has 1 atom stereocenters.